The number of hydrogen-bond acceptors (Lipinski definition) is 4. The zero-order valence-electron chi connectivity index (χ0n) is 15.1. The number of ketones is 1. The third-order valence-corrected chi connectivity index (χ3v) is 4.27. The maximum Gasteiger partial charge on any atom is 0.256 e. The first-order valence-corrected chi connectivity index (χ1v) is 8.78. The van der Waals surface area contributed by atoms with Crippen LogP contribution in [0.1, 0.15) is 26.3 Å². The molecule has 0 aliphatic rings. The van der Waals surface area contributed by atoms with Gasteiger partial charge in [-0.3, -0.25) is 9.59 Å². The van der Waals surface area contributed by atoms with Crippen LogP contribution in [0.5, 0.6) is 0 Å². The number of rotatable bonds is 5. The van der Waals surface area contributed by atoms with Crippen molar-refractivity contribution in [3.63, 3.8) is 0 Å². The Morgan fingerprint density at radius 3 is 2.31 bits per heavy atom. The molecule has 0 fully saturated rings. The van der Waals surface area contributed by atoms with Gasteiger partial charge in [0.1, 0.15) is 5.82 Å². The summed E-state index contributed by atoms with van der Waals surface area (Å²) >= 11 is 0. The fraction of sp³-hybridized carbons (Fsp3) is 0. The summed E-state index contributed by atoms with van der Waals surface area (Å²) in [7, 11) is 0. The number of halogens is 1. The Kier molecular flexibility index (Phi) is 4.94. The number of anilines is 1. The second-order valence-electron chi connectivity index (χ2n) is 6.19. The molecule has 0 aliphatic carbocycles. The van der Waals surface area contributed by atoms with Gasteiger partial charge in [0, 0.05) is 23.5 Å². The lowest BCUT2D eigenvalue weighted by Crippen LogP contribution is -2.17. The van der Waals surface area contributed by atoms with E-state index in [0.717, 1.165) is 0 Å². The Morgan fingerprint density at radius 1 is 0.897 bits per heavy atom. The smallest absolute Gasteiger partial charge is 0.256 e. The van der Waals surface area contributed by atoms with Gasteiger partial charge < -0.3 is 5.32 Å². The predicted octanol–water partition coefficient (Wildman–Crippen LogP) is 3.89. The van der Waals surface area contributed by atoms with Crippen LogP contribution in [0.15, 0.2) is 85.3 Å². The Hall–Kier alpha value is -4.13. The molecule has 0 spiro atoms. The van der Waals surface area contributed by atoms with Gasteiger partial charge in [-0.25, -0.2) is 14.1 Å². The van der Waals surface area contributed by atoms with Gasteiger partial charge in [0.25, 0.3) is 5.91 Å². The van der Waals surface area contributed by atoms with Crippen molar-refractivity contribution in [1.82, 2.24) is 14.8 Å². The fourth-order valence-electron chi connectivity index (χ4n) is 2.83. The Balaban J connectivity index is 1.56. The van der Waals surface area contributed by atoms with E-state index < -0.39 is 11.7 Å². The van der Waals surface area contributed by atoms with E-state index in [2.05, 4.69) is 15.4 Å². The van der Waals surface area contributed by atoms with Crippen LogP contribution in [0.25, 0.3) is 5.82 Å². The summed E-state index contributed by atoms with van der Waals surface area (Å²) in [5.41, 5.74) is 1.24. The molecule has 0 aliphatic heterocycles. The van der Waals surface area contributed by atoms with Crippen molar-refractivity contribution in [2.24, 2.45) is 0 Å². The molecule has 6 nitrogen and oxygen atoms in total. The Morgan fingerprint density at radius 2 is 1.66 bits per heavy atom. The van der Waals surface area contributed by atoms with E-state index in [9.17, 15) is 14.0 Å². The highest BCUT2D eigenvalue weighted by atomic mass is 19.1. The molecule has 2 aromatic carbocycles. The standard InChI is InChI=1S/C22H15FN4O2/c23-16-8-6-15(7-9-16)21(28)18-4-1-2-5-19(18)22(29)26-17-10-11-20(24-14-17)27-13-3-12-25-27/h1-14H,(H,26,29). The number of carbonyl (C=O) groups excluding carboxylic acids is 2. The van der Waals surface area contributed by atoms with Gasteiger partial charge in [0.2, 0.25) is 0 Å². The van der Waals surface area contributed by atoms with Gasteiger partial charge in [-0.15, -0.1) is 0 Å². The molecule has 0 radical (unpaired) electrons. The first-order chi connectivity index (χ1) is 14.1. The van der Waals surface area contributed by atoms with Crippen molar-refractivity contribution >= 4 is 17.4 Å². The number of aromatic nitrogens is 3. The lowest BCUT2D eigenvalue weighted by molar-refractivity contribution is 0.0996. The summed E-state index contributed by atoms with van der Waals surface area (Å²) in [4.78, 5) is 29.8. The second kappa shape index (κ2) is 7.85. The van der Waals surface area contributed by atoms with Gasteiger partial charge in [0.15, 0.2) is 11.6 Å². The second-order valence-corrected chi connectivity index (χ2v) is 6.19. The largest absolute Gasteiger partial charge is 0.321 e. The Labute approximate surface area is 165 Å². The number of amides is 1. The first kappa shape index (κ1) is 18.2. The monoisotopic (exact) mass is 386 g/mol. The quantitative estimate of drug-likeness (QED) is 0.528. The minimum absolute atomic E-state index is 0.220. The van der Waals surface area contributed by atoms with E-state index in [1.165, 1.54) is 30.5 Å². The SMILES string of the molecule is O=C(Nc1ccc(-n2cccn2)nc1)c1ccccc1C(=O)c1ccc(F)cc1. The molecule has 2 aromatic heterocycles. The third kappa shape index (κ3) is 3.93. The van der Waals surface area contributed by atoms with Crippen molar-refractivity contribution < 1.29 is 14.0 Å². The van der Waals surface area contributed by atoms with Crippen LogP contribution in [-0.2, 0) is 0 Å². The van der Waals surface area contributed by atoms with Crippen LogP contribution in [0.3, 0.4) is 0 Å². The molecule has 0 unspecified atom stereocenters. The van der Waals surface area contributed by atoms with E-state index in [0.29, 0.717) is 17.1 Å². The van der Waals surface area contributed by atoms with E-state index >= 15 is 0 Å². The molecule has 142 valence electrons. The van der Waals surface area contributed by atoms with E-state index in [1.807, 2.05) is 0 Å². The number of nitrogens with zero attached hydrogens (tertiary/aromatic N) is 3. The van der Waals surface area contributed by atoms with Gasteiger partial charge in [-0.2, -0.15) is 5.10 Å². The Bertz CT molecular complexity index is 1150. The van der Waals surface area contributed by atoms with Crippen molar-refractivity contribution in [1.29, 1.82) is 0 Å². The molecule has 1 N–H and O–H groups in total. The third-order valence-electron chi connectivity index (χ3n) is 4.27. The van der Waals surface area contributed by atoms with Crippen LogP contribution in [-0.4, -0.2) is 26.5 Å². The highest BCUT2D eigenvalue weighted by Gasteiger charge is 2.18. The zero-order chi connectivity index (χ0) is 20.2. The summed E-state index contributed by atoms with van der Waals surface area (Å²) in [5, 5.41) is 6.84. The minimum atomic E-state index is -0.440. The van der Waals surface area contributed by atoms with Crippen molar-refractivity contribution in [3.05, 3.63) is 108 Å². The lowest BCUT2D eigenvalue weighted by Gasteiger charge is -2.10. The molecule has 29 heavy (non-hydrogen) atoms. The molecule has 0 atom stereocenters. The highest BCUT2D eigenvalue weighted by molar-refractivity contribution is 6.17. The molecule has 2 heterocycles. The van der Waals surface area contributed by atoms with Crippen LogP contribution in [0.4, 0.5) is 10.1 Å². The fourth-order valence-corrected chi connectivity index (χ4v) is 2.83. The van der Waals surface area contributed by atoms with Crippen molar-refractivity contribution in [2.45, 2.75) is 0 Å². The van der Waals surface area contributed by atoms with Gasteiger partial charge in [-0.1, -0.05) is 18.2 Å². The van der Waals surface area contributed by atoms with E-state index in [1.54, 1.807) is 59.5 Å². The predicted molar refractivity (Wildman–Crippen MR) is 106 cm³/mol. The lowest BCUT2D eigenvalue weighted by atomic mass is 9.98. The molecular formula is C22H15FN4O2. The van der Waals surface area contributed by atoms with E-state index in [-0.39, 0.29) is 16.9 Å². The number of nitrogens with one attached hydrogen (secondary N) is 1. The first-order valence-electron chi connectivity index (χ1n) is 8.78. The highest BCUT2D eigenvalue weighted by Crippen LogP contribution is 2.17. The summed E-state index contributed by atoms with van der Waals surface area (Å²) < 4.78 is 14.7. The van der Waals surface area contributed by atoms with Gasteiger partial charge in [-0.05, 0) is 48.5 Å². The van der Waals surface area contributed by atoms with Crippen LogP contribution in [0, 0.1) is 5.82 Å². The summed E-state index contributed by atoms with van der Waals surface area (Å²) in [6, 6.07) is 16.9. The summed E-state index contributed by atoms with van der Waals surface area (Å²) in [5.74, 6) is -0.619. The number of carbonyl (C=O) groups is 2. The van der Waals surface area contributed by atoms with Crippen LogP contribution in [0.2, 0.25) is 0 Å². The van der Waals surface area contributed by atoms with Gasteiger partial charge in [0.05, 0.1) is 17.4 Å². The summed E-state index contributed by atoms with van der Waals surface area (Å²) in [6.45, 7) is 0. The molecule has 0 saturated heterocycles. The molecule has 0 bridgehead atoms. The topological polar surface area (TPSA) is 76.9 Å². The molecule has 1 amide bonds. The van der Waals surface area contributed by atoms with Crippen LogP contribution >= 0.6 is 0 Å². The van der Waals surface area contributed by atoms with Crippen LogP contribution < -0.4 is 5.32 Å². The molecule has 4 aromatic rings. The maximum absolute atomic E-state index is 13.1. The maximum atomic E-state index is 13.1. The number of pyridine rings is 1. The zero-order valence-corrected chi connectivity index (χ0v) is 15.1. The van der Waals surface area contributed by atoms with E-state index in [4.69, 9.17) is 0 Å². The van der Waals surface area contributed by atoms with Crippen molar-refractivity contribution in [3.8, 4) is 5.82 Å². The van der Waals surface area contributed by atoms with Crippen molar-refractivity contribution in [2.75, 3.05) is 5.32 Å². The molecule has 4 rings (SSSR count). The van der Waals surface area contributed by atoms with Gasteiger partial charge >= 0.3 is 0 Å². The summed E-state index contributed by atoms with van der Waals surface area (Å²) in [6.07, 6.45) is 4.92. The molecule has 7 heteroatoms. The number of hydrogen-bond donors (Lipinski definition) is 1. The average Bonchev–Trinajstić information content (AvgIpc) is 3.29. The number of benzene rings is 2. The normalized spacial score (nSPS) is 10.5. The molecular weight excluding hydrogens is 371 g/mol. The average molecular weight is 386 g/mol. The molecule has 0 saturated carbocycles. The minimum Gasteiger partial charge on any atom is -0.321 e.